The highest BCUT2D eigenvalue weighted by Gasteiger charge is 2.24. The smallest absolute Gasteiger partial charge is 0.154 e. The van der Waals surface area contributed by atoms with Crippen LogP contribution < -0.4 is 5.32 Å². The SMILES string of the molecule is C1=C(c2ncc(C3CC3)cn2)CCNCC1. The van der Waals surface area contributed by atoms with E-state index in [1.54, 1.807) is 0 Å². The molecule has 0 saturated heterocycles. The van der Waals surface area contributed by atoms with Crippen LogP contribution in [0.15, 0.2) is 18.5 Å². The van der Waals surface area contributed by atoms with Crippen molar-refractivity contribution in [3.63, 3.8) is 0 Å². The van der Waals surface area contributed by atoms with Crippen molar-refractivity contribution in [3.05, 3.63) is 29.9 Å². The van der Waals surface area contributed by atoms with E-state index in [2.05, 4.69) is 21.4 Å². The predicted octanol–water partition coefficient (Wildman–Crippen LogP) is 2.12. The quantitative estimate of drug-likeness (QED) is 0.821. The van der Waals surface area contributed by atoms with E-state index >= 15 is 0 Å². The molecule has 0 aromatic carbocycles. The summed E-state index contributed by atoms with van der Waals surface area (Å²) in [4.78, 5) is 9.00. The van der Waals surface area contributed by atoms with E-state index in [1.165, 1.54) is 24.0 Å². The van der Waals surface area contributed by atoms with Crippen LogP contribution in [0, 0.1) is 0 Å². The van der Waals surface area contributed by atoms with Gasteiger partial charge in [-0.05, 0) is 55.8 Å². The average molecular weight is 215 g/mol. The first-order valence-corrected chi connectivity index (χ1v) is 6.15. The van der Waals surface area contributed by atoms with Crippen LogP contribution in [0.4, 0.5) is 0 Å². The number of hydrogen-bond donors (Lipinski definition) is 1. The third-order valence-electron chi connectivity index (χ3n) is 3.29. The minimum Gasteiger partial charge on any atom is -0.316 e. The monoisotopic (exact) mass is 215 g/mol. The van der Waals surface area contributed by atoms with Crippen molar-refractivity contribution >= 4 is 5.57 Å². The number of rotatable bonds is 2. The Kier molecular flexibility index (Phi) is 2.70. The maximum atomic E-state index is 4.50. The molecule has 0 unspecified atom stereocenters. The Morgan fingerprint density at radius 3 is 2.69 bits per heavy atom. The van der Waals surface area contributed by atoms with Gasteiger partial charge in [0.25, 0.3) is 0 Å². The first kappa shape index (κ1) is 9.97. The molecule has 1 aromatic rings. The molecule has 1 aliphatic carbocycles. The summed E-state index contributed by atoms with van der Waals surface area (Å²) in [5.74, 6) is 1.67. The van der Waals surface area contributed by atoms with Gasteiger partial charge in [-0.15, -0.1) is 0 Å². The molecule has 1 aromatic heterocycles. The normalized spacial score (nSPS) is 21.4. The van der Waals surface area contributed by atoms with Crippen LogP contribution in [-0.2, 0) is 0 Å². The zero-order valence-electron chi connectivity index (χ0n) is 9.45. The molecule has 1 saturated carbocycles. The Bertz CT molecular complexity index is 390. The summed E-state index contributed by atoms with van der Waals surface area (Å²) >= 11 is 0. The topological polar surface area (TPSA) is 37.8 Å². The van der Waals surface area contributed by atoms with E-state index in [0.717, 1.165) is 37.7 Å². The first-order chi connectivity index (χ1) is 7.93. The van der Waals surface area contributed by atoms with Crippen LogP contribution in [0.2, 0.25) is 0 Å². The first-order valence-electron chi connectivity index (χ1n) is 6.15. The van der Waals surface area contributed by atoms with E-state index in [9.17, 15) is 0 Å². The third-order valence-corrected chi connectivity index (χ3v) is 3.29. The van der Waals surface area contributed by atoms with Crippen LogP contribution in [-0.4, -0.2) is 23.1 Å². The predicted molar refractivity (Wildman–Crippen MR) is 64.1 cm³/mol. The molecule has 0 bridgehead atoms. The maximum Gasteiger partial charge on any atom is 0.154 e. The molecule has 3 nitrogen and oxygen atoms in total. The van der Waals surface area contributed by atoms with E-state index < -0.39 is 0 Å². The Balaban J connectivity index is 1.79. The van der Waals surface area contributed by atoms with Crippen molar-refractivity contribution in [2.24, 2.45) is 0 Å². The number of nitrogens with one attached hydrogen (secondary N) is 1. The van der Waals surface area contributed by atoms with Crippen molar-refractivity contribution in [2.45, 2.75) is 31.6 Å². The fourth-order valence-electron chi connectivity index (χ4n) is 2.13. The van der Waals surface area contributed by atoms with Crippen molar-refractivity contribution in [3.8, 4) is 0 Å². The van der Waals surface area contributed by atoms with Crippen molar-refractivity contribution in [1.82, 2.24) is 15.3 Å². The molecule has 84 valence electrons. The van der Waals surface area contributed by atoms with Crippen LogP contribution in [0.1, 0.15) is 43.0 Å². The average Bonchev–Trinajstić information content (AvgIpc) is 3.17. The molecular formula is C13H17N3. The largest absolute Gasteiger partial charge is 0.316 e. The summed E-state index contributed by atoms with van der Waals surface area (Å²) in [6, 6.07) is 0. The molecule has 16 heavy (non-hydrogen) atoms. The highest BCUT2D eigenvalue weighted by Crippen LogP contribution is 2.39. The molecule has 1 aliphatic heterocycles. The zero-order chi connectivity index (χ0) is 10.8. The molecule has 0 spiro atoms. The van der Waals surface area contributed by atoms with Gasteiger partial charge in [0.2, 0.25) is 0 Å². The number of hydrogen-bond acceptors (Lipinski definition) is 3. The molecule has 1 N–H and O–H groups in total. The zero-order valence-corrected chi connectivity index (χ0v) is 9.45. The highest BCUT2D eigenvalue weighted by atomic mass is 14.9. The van der Waals surface area contributed by atoms with Crippen LogP contribution in [0.3, 0.4) is 0 Å². The lowest BCUT2D eigenvalue weighted by Gasteiger charge is -2.04. The maximum absolute atomic E-state index is 4.50. The van der Waals surface area contributed by atoms with Gasteiger partial charge in [-0.1, -0.05) is 6.08 Å². The van der Waals surface area contributed by atoms with Gasteiger partial charge in [-0.2, -0.15) is 0 Å². The van der Waals surface area contributed by atoms with Crippen molar-refractivity contribution < 1.29 is 0 Å². The van der Waals surface area contributed by atoms with E-state index in [-0.39, 0.29) is 0 Å². The van der Waals surface area contributed by atoms with Gasteiger partial charge in [0, 0.05) is 12.4 Å². The van der Waals surface area contributed by atoms with E-state index in [1.807, 2.05) is 12.4 Å². The van der Waals surface area contributed by atoms with Crippen LogP contribution in [0.25, 0.3) is 5.57 Å². The number of aromatic nitrogens is 2. The molecule has 3 heteroatoms. The third kappa shape index (κ3) is 2.14. The lowest BCUT2D eigenvalue weighted by molar-refractivity contribution is 0.717. The molecule has 0 radical (unpaired) electrons. The van der Waals surface area contributed by atoms with Gasteiger partial charge in [-0.25, -0.2) is 9.97 Å². The van der Waals surface area contributed by atoms with Gasteiger partial charge < -0.3 is 5.32 Å². The lowest BCUT2D eigenvalue weighted by Crippen LogP contribution is -2.14. The lowest BCUT2D eigenvalue weighted by atomic mass is 10.1. The van der Waals surface area contributed by atoms with Crippen molar-refractivity contribution in [1.29, 1.82) is 0 Å². The number of nitrogens with zero attached hydrogens (tertiary/aromatic N) is 2. The summed E-state index contributed by atoms with van der Waals surface area (Å²) in [6.07, 6.45) is 11.1. The molecule has 2 aliphatic rings. The fourth-order valence-corrected chi connectivity index (χ4v) is 2.13. The summed E-state index contributed by atoms with van der Waals surface area (Å²) in [6.45, 7) is 2.11. The standard InChI is InChI=1S/C13H17N3/c1-2-11(5-7-14-6-1)13-15-8-12(9-16-13)10-3-4-10/h2,8-10,14H,1,3-7H2. The van der Waals surface area contributed by atoms with Gasteiger partial charge in [-0.3, -0.25) is 0 Å². The molecular weight excluding hydrogens is 198 g/mol. The second-order valence-electron chi connectivity index (χ2n) is 4.63. The molecule has 0 atom stereocenters. The van der Waals surface area contributed by atoms with Gasteiger partial charge in [0.15, 0.2) is 5.82 Å². The minimum absolute atomic E-state index is 0.749. The molecule has 3 rings (SSSR count). The minimum atomic E-state index is 0.749. The Hall–Kier alpha value is -1.22. The second-order valence-corrected chi connectivity index (χ2v) is 4.63. The Morgan fingerprint density at radius 2 is 1.94 bits per heavy atom. The summed E-state index contributed by atoms with van der Waals surface area (Å²) in [5.41, 5.74) is 2.61. The van der Waals surface area contributed by atoms with Crippen LogP contribution in [0.5, 0.6) is 0 Å². The van der Waals surface area contributed by atoms with E-state index in [4.69, 9.17) is 0 Å². The molecule has 2 heterocycles. The fraction of sp³-hybridized carbons (Fsp3) is 0.538. The van der Waals surface area contributed by atoms with Gasteiger partial charge >= 0.3 is 0 Å². The highest BCUT2D eigenvalue weighted by molar-refractivity contribution is 5.60. The summed E-state index contributed by atoms with van der Waals surface area (Å²) in [5, 5.41) is 3.38. The van der Waals surface area contributed by atoms with Gasteiger partial charge in [0.1, 0.15) is 0 Å². The Morgan fingerprint density at radius 1 is 1.12 bits per heavy atom. The molecule has 1 fully saturated rings. The Labute approximate surface area is 96.0 Å². The van der Waals surface area contributed by atoms with Crippen molar-refractivity contribution in [2.75, 3.05) is 13.1 Å². The molecule has 0 amide bonds. The van der Waals surface area contributed by atoms with Gasteiger partial charge in [0.05, 0.1) is 0 Å². The second kappa shape index (κ2) is 4.34. The van der Waals surface area contributed by atoms with E-state index in [0.29, 0.717) is 0 Å². The van der Waals surface area contributed by atoms with Crippen LogP contribution >= 0.6 is 0 Å². The summed E-state index contributed by atoms with van der Waals surface area (Å²) < 4.78 is 0. The summed E-state index contributed by atoms with van der Waals surface area (Å²) in [7, 11) is 0.